The van der Waals surface area contributed by atoms with E-state index in [0.29, 0.717) is 12.8 Å². The number of benzene rings is 1. The number of ketones is 1. The van der Waals surface area contributed by atoms with Crippen LogP contribution in [0.15, 0.2) is 24.3 Å². The summed E-state index contributed by atoms with van der Waals surface area (Å²) in [5, 5.41) is 11.5. The number of amides is 1. The average molecular weight is 323 g/mol. The zero-order chi connectivity index (χ0) is 17.4. The number of hydrogen-bond acceptors (Lipinski definition) is 3. The van der Waals surface area contributed by atoms with Gasteiger partial charge in [0, 0.05) is 17.9 Å². The number of unbranched alkanes of at least 4 members (excludes halogenated alkanes) is 1. The van der Waals surface area contributed by atoms with Crippen LogP contribution in [0.4, 0.5) is 4.39 Å². The molecule has 0 radical (unpaired) electrons. The molecule has 0 fully saturated rings. The second-order valence-corrected chi connectivity index (χ2v) is 5.58. The minimum absolute atomic E-state index is 0.134. The number of carbonyl (C=O) groups is 3. The fraction of sp³-hybridized carbons (Fsp3) is 0.471. The van der Waals surface area contributed by atoms with E-state index < -0.39 is 29.7 Å². The lowest BCUT2D eigenvalue weighted by Gasteiger charge is -2.16. The molecule has 2 atom stereocenters. The van der Waals surface area contributed by atoms with Crippen LogP contribution in [-0.2, 0) is 9.59 Å². The van der Waals surface area contributed by atoms with Crippen LogP contribution in [0.2, 0.25) is 0 Å². The number of carboxylic acids is 1. The SMILES string of the molecule is CCCCC(NC(=O)CC(C)C(=O)c1cccc(F)c1)C(=O)O. The summed E-state index contributed by atoms with van der Waals surface area (Å²) in [5.41, 5.74) is 0.200. The molecular formula is C17H22FNO4. The molecule has 1 aromatic rings. The van der Waals surface area contributed by atoms with Gasteiger partial charge < -0.3 is 10.4 Å². The molecule has 6 heteroatoms. The van der Waals surface area contributed by atoms with Crippen LogP contribution in [-0.4, -0.2) is 28.8 Å². The van der Waals surface area contributed by atoms with Crippen LogP contribution in [0, 0.1) is 11.7 Å². The van der Waals surface area contributed by atoms with E-state index >= 15 is 0 Å². The van der Waals surface area contributed by atoms with Crippen molar-refractivity contribution in [1.82, 2.24) is 5.32 Å². The lowest BCUT2D eigenvalue weighted by atomic mass is 9.96. The van der Waals surface area contributed by atoms with Crippen LogP contribution >= 0.6 is 0 Å². The minimum atomic E-state index is -1.09. The Balaban J connectivity index is 2.61. The van der Waals surface area contributed by atoms with Crippen molar-refractivity contribution in [3.05, 3.63) is 35.6 Å². The number of aliphatic carboxylic acids is 1. The molecule has 0 aliphatic heterocycles. The third-order valence-electron chi connectivity index (χ3n) is 3.53. The van der Waals surface area contributed by atoms with Crippen molar-refractivity contribution in [1.29, 1.82) is 0 Å². The van der Waals surface area contributed by atoms with Gasteiger partial charge >= 0.3 is 5.97 Å². The normalized spacial score (nSPS) is 13.2. The number of carbonyl (C=O) groups excluding carboxylic acids is 2. The first kappa shape index (κ1) is 18.8. The number of rotatable bonds is 9. The molecule has 0 bridgehead atoms. The van der Waals surface area contributed by atoms with Crippen LogP contribution in [0.3, 0.4) is 0 Å². The Morgan fingerprint density at radius 2 is 2.00 bits per heavy atom. The summed E-state index contributed by atoms with van der Waals surface area (Å²) in [7, 11) is 0. The maximum absolute atomic E-state index is 13.1. The first-order valence-electron chi connectivity index (χ1n) is 7.67. The molecule has 0 saturated carbocycles. The van der Waals surface area contributed by atoms with Gasteiger partial charge in [-0.15, -0.1) is 0 Å². The molecule has 2 N–H and O–H groups in total. The van der Waals surface area contributed by atoms with Gasteiger partial charge in [-0.1, -0.05) is 38.8 Å². The molecular weight excluding hydrogens is 301 g/mol. The Morgan fingerprint density at radius 1 is 1.30 bits per heavy atom. The number of Topliss-reactive ketones (excluding diaryl/α,β-unsaturated/α-hetero) is 1. The molecule has 0 heterocycles. The second-order valence-electron chi connectivity index (χ2n) is 5.58. The van der Waals surface area contributed by atoms with E-state index in [-0.39, 0.29) is 17.8 Å². The van der Waals surface area contributed by atoms with Crippen molar-refractivity contribution in [2.75, 3.05) is 0 Å². The van der Waals surface area contributed by atoms with E-state index in [4.69, 9.17) is 5.11 Å². The fourth-order valence-electron chi connectivity index (χ4n) is 2.22. The van der Waals surface area contributed by atoms with Gasteiger partial charge in [0.1, 0.15) is 11.9 Å². The van der Waals surface area contributed by atoms with Crippen LogP contribution in [0.1, 0.15) is 49.9 Å². The quantitative estimate of drug-likeness (QED) is 0.685. The second kappa shape index (κ2) is 9.02. The van der Waals surface area contributed by atoms with Gasteiger partial charge in [-0.2, -0.15) is 0 Å². The van der Waals surface area contributed by atoms with Gasteiger partial charge in [-0.05, 0) is 18.6 Å². The topological polar surface area (TPSA) is 83.5 Å². The molecule has 1 amide bonds. The summed E-state index contributed by atoms with van der Waals surface area (Å²) in [6, 6.07) is 4.33. The van der Waals surface area contributed by atoms with Gasteiger partial charge in [-0.3, -0.25) is 9.59 Å². The van der Waals surface area contributed by atoms with E-state index in [1.807, 2.05) is 6.92 Å². The summed E-state index contributed by atoms with van der Waals surface area (Å²) in [4.78, 5) is 35.2. The van der Waals surface area contributed by atoms with Crippen molar-refractivity contribution < 1.29 is 23.9 Å². The van der Waals surface area contributed by atoms with Crippen LogP contribution < -0.4 is 5.32 Å². The highest BCUT2D eigenvalue weighted by Crippen LogP contribution is 2.14. The van der Waals surface area contributed by atoms with Crippen molar-refractivity contribution in [3.8, 4) is 0 Å². The Hall–Kier alpha value is -2.24. The van der Waals surface area contributed by atoms with E-state index in [9.17, 15) is 18.8 Å². The number of hydrogen-bond donors (Lipinski definition) is 2. The van der Waals surface area contributed by atoms with Crippen molar-refractivity contribution >= 4 is 17.7 Å². The maximum Gasteiger partial charge on any atom is 0.326 e. The molecule has 23 heavy (non-hydrogen) atoms. The number of carboxylic acid groups (broad SMARTS) is 1. The molecule has 1 aromatic carbocycles. The molecule has 0 saturated heterocycles. The number of halogens is 1. The van der Waals surface area contributed by atoms with Crippen LogP contribution in [0.25, 0.3) is 0 Å². The van der Waals surface area contributed by atoms with E-state index in [1.54, 1.807) is 6.92 Å². The Morgan fingerprint density at radius 3 is 2.57 bits per heavy atom. The Kier molecular flexibility index (Phi) is 7.38. The average Bonchev–Trinajstić information content (AvgIpc) is 2.50. The summed E-state index contributed by atoms with van der Waals surface area (Å²) < 4.78 is 13.1. The third kappa shape index (κ3) is 6.18. The molecule has 126 valence electrons. The van der Waals surface area contributed by atoms with Crippen LogP contribution in [0.5, 0.6) is 0 Å². The third-order valence-corrected chi connectivity index (χ3v) is 3.53. The summed E-state index contributed by atoms with van der Waals surface area (Å²) in [6.45, 7) is 3.50. The zero-order valence-electron chi connectivity index (χ0n) is 13.3. The maximum atomic E-state index is 13.1. The molecule has 0 aromatic heterocycles. The van der Waals surface area contributed by atoms with Crippen molar-refractivity contribution in [3.63, 3.8) is 0 Å². The predicted molar refractivity (Wildman–Crippen MR) is 83.6 cm³/mol. The van der Waals surface area contributed by atoms with Gasteiger partial charge in [0.15, 0.2) is 5.78 Å². The smallest absolute Gasteiger partial charge is 0.326 e. The number of nitrogens with one attached hydrogen (secondary N) is 1. The molecule has 1 rings (SSSR count). The van der Waals surface area contributed by atoms with E-state index in [2.05, 4.69) is 5.32 Å². The fourth-order valence-corrected chi connectivity index (χ4v) is 2.22. The molecule has 0 aliphatic rings. The van der Waals surface area contributed by atoms with Gasteiger partial charge in [0.2, 0.25) is 5.91 Å². The molecule has 2 unspecified atom stereocenters. The monoisotopic (exact) mass is 323 g/mol. The van der Waals surface area contributed by atoms with Gasteiger partial charge in [0.05, 0.1) is 0 Å². The standard InChI is InChI=1S/C17H22FNO4/c1-3-4-8-14(17(22)23)19-15(20)9-11(2)16(21)12-6-5-7-13(18)10-12/h5-7,10-11,14H,3-4,8-9H2,1-2H3,(H,19,20)(H,22,23). The van der Waals surface area contributed by atoms with E-state index in [1.165, 1.54) is 18.2 Å². The highest BCUT2D eigenvalue weighted by atomic mass is 19.1. The highest BCUT2D eigenvalue weighted by Gasteiger charge is 2.23. The first-order chi connectivity index (χ1) is 10.8. The highest BCUT2D eigenvalue weighted by molar-refractivity contribution is 5.99. The van der Waals surface area contributed by atoms with Gasteiger partial charge in [0.25, 0.3) is 0 Å². The Bertz CT molecular complexity index is 573. The minimum Gasteiger partial charge on any atom is -0.480 e. The zero-order valence-corrected chi connectivity index (χ0v) is 13.3. The first-order valence-corrected chi connectivity index (χ1v) is 7.67. The molecule has 0 spiro atoms. The molecule has 0 aliphatic carbocycles. The largest absolute Gasteiger partial charge is 0.480 e. The summed E-state index contributed by atoms with van der Waals surface area (Å²) in [6.07, 6.45) is 1.73. The predicted octanol–water partition coefficient (Wildman–Crippen LogP) is 2.79. The Labute approximate surface area is 134 Å². The van der Waals surface area contributed by atoms with E-state index in [0.717, 1.165) is 12.5 Å². The summed E-state index contributed by atoms with van der Waals surface area (Å²) in [5.74, 6) is -3.10. The summed E-state index contributed by atoms with van der Waals surface area (Å²) >= 11 is 0. The lowest BCUT2D eigenvalue weighted by molar-refractivity contribution is -0.142. The van der Waals surface area contributed by atoms with Crippen molar-refractivity contribution in [2.45, 2.75) is 45.6 Å². The van der Waals surface area contributed by atoms with Gasteiger partial charge in [-0.25, -0.2) is 9.18 Å². The molecule has 5 nitrogen and oxygen atoms in total. The lowest BCUT2D eigenvalue weighted by Crippen LogP contribution is -2.41. The van der Waals surface area contributed by atoms with Crippen molar-refractivity contribution in [2.24, 2.45) is 5.92 Å².